The van der Waals surface area contributed by atoms with Crippen molar-refractivity contribution in [3.63, 3.8) is 0 Å². The summed E-state index contributed by atoms with van der Waals surface area (Å²) in [6.07, 6.45) is 0.234. The number of carbonyl (C=O) groups is 2. The molecule has 4 heteroatoms. The molecule has 0 saturated carbocycles. The molecule has 3 rings (SSSR count). The molecule has 0 aliphatic carbocycles. The smallest absolute Gasteiger partial charge is 0.294 e. The van der Waals surface area contributed by atoms with Crippen LogP contribution in [0.5, 0.6) is 0 Å². The van der Waals surface area contributed by atoms with Gasteiger partial charge in [-0.1, -0.05) is 49.4 Å². The number of nitrogens with zero attached hydrogens (tertiary/aromatic N) is 1. The molecular formula is C20H19NO3. The van der Waals surface area contributed by atoms with E-state index in [1.54, 1.807) is 6.92 Å². The zero-order valence-corrected chi connectivity index (χ0v) is 13.7. The van der Waals surface area contributed by atoms with Crippen LogP contribution in [0, 0.1) is 6.92 Å². The van der Waals surface area contributed by atoms with Gasteiger partial charge in [0.05, 0.1) is 11.6 Å². The molecule has 1 amide bonds. The lowest BCUT2D eigenvalue weighted by Gasteiger charge is -2.27. The van der Waals surface area contributed by atoms with E-state index in [1.807, 2.05) is 61.5 Å². The zero-order chi connectivity index (χ0) is 17.3. The Bertz CT molecular complexity index is 824. The van der Waals surface area contributed by atoms with E-state index >= 15 is 0 Å². The van der Waals surface area contributed by atoms with Gasteiger partial charge >= 0.3 is 0 Å². The highest BCUT2D eigenvalue weighted by Crippen LogP contribution is 2.41. The van der Waals surface area contributed by atoms with Gasteiger partial charge in [-0.2, -0.15) is 0 Å². The molecule has 4 nitrogen and oxygen atoms in total. The van der Waals surface area contributed by atoms with Gasteiger partial charge in [-0.15, -0.1) is 0 Å². The third kappa shape index (κ3) is 2.60. The van der Waals surface area contributed by atoms with Crippen LogP contribution in [0.1, 0.15) is 30.5 Å². The number of amides is 1. The fourth-order valence-corrected chi connectivity index (χ4v) is 3.08. The Kier molecular flexibility index (Phi) is 4.21. The topological polar surface area (TPSA) is 57.6 Å². The van der Waals surface area contributed by atoms with E-state index in [2.05, 4.69) is 0 Å². The highest BCUT2D eigenvalue weighted by Gasteiger charge is 2.43. The van der Waals surface area contributed by atoms with Crippen molar-refractivity contribution in [3.8, 4) is 0 Å². The summed E-state index contributed by atoms with van der Waals surface area (Å²) in [4.78, 5) is 26.6. The highest BCUT2D eigenvalue weighted by molar-refractivity contribution is 6.16. The Labute approximate surface area is 141 Å². The van der Waals surface area contributed by atoms with Crippen LogP contribution < -0.4 is 4.90 Å². The number of rotatable bonds is 4. The molecule has 2 aromatic rings. The third-order valence-corrected chi connectivity index (χ3v) is 4.22. The van der Waals surface area contributed by atoms with Crippen LogP contribution in [0.15, 0.2) is 65.9 Å². The first-order chi connectivity index (χ1) is 11.5. The molecule has 0 fully saturated rings. The molecule has 1 aliphatic rings. The Balaban J connectivity index is 2.18. The van der Waals surface area contributed by atoms with Gasteiger partial charge < -0.3 is 5.11 Å². The van der Waals surface area contributed by atoms with Crippen molar-refractivity contribution >= 4 is 17.4 Å². The Morgan fingerprint density at radius 3 is 2.46 bits per heavy atom. The summed E-state index contributed by atoms with van der Waals surface area (Å²) in [7, 11) is 0. The number of aliphatic hydroxyl groups is 1. The molecule has 0 bridgehead atoms. The van der Waals surface area contributed by atoms with Gasteiger partial charge in [0, 0.05) is 12.1 Å². The predicted molar refractivity (Wildman–Crippen MR) is 92.8 cm³/mol. The summed E-state index contributed by atoms with van der Waals surface area (Å²) in [5.41, 5.74) is 2.64. The molecule has 2 aromatic carbocycles. The van der Waals surface area contributed by atoms with E-state index in [0.29, 0.717) is 5.69 Å². The van der Waals surface area contributed by atoms with Gasteiger partial charge in [0.25, 0.3) is 5.91 Å². The van der Waals surface area contributed by atoms with Gasteiger partial charge in [-0.25, -0.2) is 0 Å². The normalized spacial score (nSPS) is 17.5. The lowest BCUT2D eigenvalue weighted by atomic mass is 9.95. The number of benzene rings is 2. The number of aryl methyl sites for hydroxylation is 1. The van der Waals surface area contributed by atoms with Gasteiger partial charge in [0.2, 0.25) is 0 Å². The molecule has 1 unspecified atom stereocenters. The van der Waals surface area contributed by atoms with Crippen LogP contribution in [0.2, 0.25) is 0 Å². The van der Waals surface area contributed by atoms with Crippen molar-refractivity contribution < 1.29 is 14.7 Å². The maximum absolute atomic E-state index is 12.7. The van der Waals surface area contributed by atoms with E-state index in [9.17, 15) is 14.7 Å². The fourth-order valence-electron chi connectivity index (χ4n) is 3.08. The minimum absolute atomic E-state index is 0.176. The molecule has 1 heterocycles. The van der Waals surface area contributed by atoms with Crippen molar-refractivity contribution in [2.75, 3.05) is 4.90 Å². The van der Waals surface area contributed by atoms with Crippen LogP contribution >= 0.6 is 0 Å². The van der Waals surface area contributed by atoms with Gasteiger partial charge in [0.15, 0.2) is 11.5 Å². The molecule has 1 aliphatic heterocycles. The van der Waals surface area contributed by atoms with E-state index < -0.39 is 17.7 Å². The monoisotopic (exact) mass is 321 g/mol. The fraction of sp³-hybridized carbons (Fsp3) is 0.200. The van der Waals surface area contributed by atoms with E-state index in [0.717, 1.165) is 11.1 Å². The number of aliphatic hydroxyl groups excluding tert-OH is 1. The number of anilines is 1. The van der Waals surface area contributed by atoms with Gasteiger partial charge in [0.1, 0.15) is 0 Å². The Hall–Kier alpha value is -2.88. The molecule has 0 radical (unpaired) electrons. The molecule has 1 atom stereocenters. The first-order valence-electron chi connectivity index (χ1n) is 7.96. The van der Waals surface area contributed by atoms with Crippen LogP contribution in [0.4, 0.5) is 5.69 Å². The lowest BCUT2D eigenvalue weighted by molar-refractivity contribution is -0.118. The van der Waals surface area contributed by atoms with Crippen molar-refractivity contribution in [1.29, 1.82) is 0 Å². The first-order valence-corrected chi connectivity index (χ1v) is 7.96. The lowest BCUT2D eigenvalue weighted by Crippen LogP contribution is -2.31. The first kappa shape index (κ1) is 16.0. The minimum atomic E-state index is -0.604. The largest absolute Gasteiger partial charge is 0.503 e. The zero-order valence-electron chi connectivity index (χ0n) is 13.7. The maximum Gasteiger partial charge on any atom is 0.294 e. The third-order valence-electron chi connectivity index (χ3n) is 4.22. The number of carbonyl (C=O) groups excluding carboxylic acids is 2. The summed E-state index contributed by atoms with van der Waals surface area (Å²) < 4.78 is 0. The summed E-state index contributed by atoms with van der Waals surface area (Å²) >= 11 is 0. The van der Waals surface area contributed by atoms with Crippen molar-refractivity contribution in [2.24, 2.45) is 0 Å². The molecule has 24 heavy (non-hydrogen) atoms. The molecule has 1 N–H and O–H groups in total. The van der Waals surface area contributed by atoms with Gasteiger partial charge in [-0.3, -0.25) is 14.5 Å². The van der Waals surface area contributed by atoms with Crippen LogP contribution in [-0.4, -0.2) is 16.8 Å². The Morgan fingerprint density at radius 2 is 1.83 bits per heavy atom. The molecule has 122 valence electrons. The summed E-state index contributed by atoms with van der Waals surface area (Å²) in [6.45, 7) is 3.66. The van der Waals surface area contributed by atoms with Crippen molar-refractivity contribution in [2.45, 2.75) is 26.3 Å². The second-order valence-electron chi connectivity index (χ2n) is 5.87. The number of ketones is 1. The Morgan fingerprint density at radius 1 is 1.12 bits per heavy atom. The second-order valence-corrected chi connectivity index (χ2v) is 5.87. The van der Waals surface area contributed by atoms with Crippen LogP contribution in [0.3, 0.4) is 0 Å². The number of hydrogen-bond donors (Lipinski definition) is 1. The van der Waals surface area contributed by atoms with Crippen LogP contribution in [0.25, 0.3) is 0 Å². The number of Topliss-reactive ketones (excluding diaryl/α,β-unsaturated/α-hetero) is 1. The predicted octanol–water partition coefficient (Wildman–Crippen LogP) is 3.87. The molecular weight excluding hydrogens is 302 g/mol. The number of hydrogen-bond acceptors (Lipinski definition) is 3. The second kappa shape index (κ2) is 6.32. The van der Waals surface area contributed by atoms with Crippen LogP contribution in [-0.2, 0) is 9.59 Å². The van der Waals surface area contributed by atoms with Crippen molar-refractivity contribution in [1.82, 2.24) is 0 Å². The minimum Gasteiger partial charge on any atom is -0.503 e. The van der Waals surface area contributed by atoms with Crippen molar-refractivity contribution in [3.05, 3.63) is 77.1 Å². The summed E-state index contributed by atoms with van der Waals surface area (Å²) in [5.74, 6) is -1.20. The maximum atomic E-state index is 12.7. The average Bonchev–Trinajstić information content (AvgIpc) is 2.86. The van der Waals surface area contributed by atoms with E-state index in [1.165, 1.54) is 4.90 Å². The average molecular weight is 321 g/mol. The molecule has 0 spiro atoms. The highest BCUT2D eigenvalue weighted by atomic mass is 16.3. The summed E-state index contributed by atoms with van der Waals surface area (Å²) in [6, 6.07) is 16.2. The molecule has 0 aromatic heterocycles. The quantitative estimate of drug-likeness (QED) is 0.930. The van der Waals surface area contributed by atoms with Gasteiger partial charge in [-0.05, 0) is 30.2 Å². The standard InChI is InChI=1S/C20H19NO3/c1-3-16(22)17-18(14-9-5-4-6-10-14)21(20(24)19(17)23)15-11-7-8-13(2)12-15/h4-12,18,23H,3H2,1-2H3. The summed E-state index contributed by atoms with van der Waals surface area (Å²) in [5, 5.41) is 10.4. The SMILES string of the molecule is CCC(=O)C1=C(O)C(=O)N(c2cccc(C)c2)C1c1ccccc1. The molecule has 0 saturated heterocycles. The van der Waals surface area contributed by atoms with E-state index in [-0.39, 0.29) is 17.8 Å². The van der Waals surface area contributed by atoms with E-state index in [4.69, 9.17) is 0 Å².